The summed E-state index contributed by atoms with van der Waals surface area (Å²) in [5, 5.41) is 22.3. The number of phenols is 1. The number of methoxy groups -OCH3 is 2. The smallest absolute Gasteiger partial charge is 0.328 e. The number of rotatable bonds is 12. The number of benzene rings is 2. The first-order chi connectivity index (χ1) is 15.8. The molecule has 3 N–H and O–H groups in total. The molecular formula is C24H30N2O7. The molecule has 2 aromatic rings. The van der Waals surface area contributed by atoms with E-state index in [2.05, 4.69) is 5.32 Å². The maximum absolute atomic E-state index is 13.4. The van der Waals surface area contributed by atoms with Gasteiger partial charge in [-0.3, -0.25) is 14.5 Å². The fraction of sp³-hybridized carbons (Fsp3) is 0.375. The van der Waals surface area contributed by atoms with Gasteiger partial charge in [0.15, 0.2) is 11.5 Å². The van der Waals surface area contributed by atoms with E-state index in [-0.39, 0.29) is 5.75 Å². The van der Waals surface area contributed by atoms with Gasteiger partial charge in [-0.25, -0.2) is 4.79 Å². The lowest BCUT2D eigenvalue weighted by atomic mass is 10.1. The third-order valence-corrected chi connectivity index (χ3v) is 5.15. The maximum atomic E-state index is 13.4. The Kier molecular flexibility index (Phi) is 9.68. The van der Waals surface area contributed by atoms with Crippen molar-refractivity contribution in [2.75, 3.05) is 25.7 Å². The van der Waals surface area contributed by atoms with Crippen molar-refractivity contribution >= 4 is 23.5 Å². The number of ether oxygens (including phenoxy) is 2. The van der Waals surface area contributed by atoms with E-state index >= 15 is 0 Å². The van der Waals surface area contributed by atoms with Crippen molar-refractivity contribution in [3.63, 3.8) is 0 Å². The van der Waals surface area contributed by atoms with Crippen LogP contribution < -0.4 is 15.0 Å². The van der Waals surface area contributed by atoms with E-state index in [1.54, 1.807) is 42.5 Å². The first-order valence-corrected chi connectivity index (χ1v) is 10.6. The van der Waals surface area contributed by atoms with Crippen molar-refractivity contribution < 1.29 is 34.1 Å². The number of para-hydroxylation sites is 1. The van der Waals surface area contributed by atoms with Crippen LogP contribution in [0.4, 0.5) is 5.69 Å². The van der Waals surface area contributed by atoms with Crippen LogP contribution in [0.5, 0.6) is 11.5 Å². The molecule has 2 aromatic carbocycles. The Labute approximate surface area is 192 Å². The molecule has 0 bridgehead atoms. The number of hydrogen-bond donors (Lipinski definition) is 3. The highest BCUT2D eigenvalue weighted by molar-refractivity contribution is 6.03. The van der Waals surface area contributed by atoms with E-state index < -0.39 is 36.4 Å². The number of phenolic OH excluding ortho intramolecular Hbond substituents is 1. The minimum Gasteiger partial charge on any atom is -0.504 e. The first-order valence-electron chi connectivity index (χ1n) is 10.6. The summed E-state index contributed by atoms with van der Waals surface area (Å²) < 4.78 is 9.83. The van der Waals surface area contributed by atoms with Crippen LogP contribution in [0.25, 0.3) is 0 Å². The molecule has 2 unspecified atom stereocenters. The highest BCUT2D eigenvalue weighted by Gasteiger charge is 2.33. The number of carboxylic acids is 1. The number of hydrogen-bond acceptors (Lipinski definition) is 7. The van der Waals surface area contributed by atoms with E-state index in [0.29, 0.717) is 30.8 Å². The van der Waals surface area contributed by atoms with Crippen LogP contribution in [-0.2, 0) is 25.5 Å². The lowest BCUT2D eigenvalue weighted by Crippen LogP contribution is -2.53. The summed E-state index contributed by atoms with van der Waals surface area (Å²) in [6, 6.07) is 11.7. The van der Waals surface area contributed by atoms with Crippen LogP contribution in [0, 0.1) is 0 Å². The van der Waals surface area contributed by atoms with Gasteiger partial charge < -0.3 is 25.0 Å². The molecule has 0 spiro atoms. The predicted octanol–water partition coefficient (Wildman–Crippen LogP) is 2.36. The van der Waals surface area contributed by atoms with Gasteiger partial charge in [0.1, 0.15) is 6.04 Å². The number of aliphatic carboxylic acids is 1. The van der Waals surface area contributed by atoms with Gasteiger partial charge >= 0.3 is 11.9 Å². The van der Waals surface area contributed by atoms with Crippen LogP contribution in [0.2, 0.25) is 0 Å². The fourth-order valence-electron chi connectivity index (χ4n) is 3.46. The van der Waals surface area contributed by atoms with Crippen molar-refractivity contribution in [3.8, 4) is 11.5 Å². The normalized spacial score (nSPS) is 12.5. The van der Waals surface area contributed by atoms with Crippen LogP contribution in [-0.4, -0.2) is 60.9 Å². The fourth-order valence-corrected chi connectivity index (χ4v) is 3.46. The number of anilines is 1. The molecule has 0 saturated heterocycles. The Balaban J connectivity index is 2.12. The summed E-state index contributed by atoms with van der Waals surface area (Å²) in [4.78, 5) is 38.3. The number of carbonyl (C=O) groups excluding carboxylic acids is 2. The third-order valence-electron chi connectivity index (χ3n) is 5.15. The van der Waals surface area contributed by atoms with E-state index in [1.807, 2.05) is 6.07 Å². The summed E-state index contributed by atoms with van der Waals surface area (Å²) in [6.45, 7) is 1.89. The number of carboxylic acid groups (broad SMARTS) is 1. The zero-order valence-corrected chi connectivity index (χ0v) is 19.0. The molecule has 0 fully saturated rings. The molecule has 2 rings (SSSR count). The van der Waals surface area contributed by atoms with Crippen LogP contribution in [0.3, 0.4) is 0 Å². The molecule has 0 aliphatic rings. The minimum absolute atomic E-state index is 0.0391. The number of aromatic hydroxyl groups is 1. The van der Waals surface area contributed by atoms with Gasteiger partial charge in [-0.15, -0.1) is 0 Å². The number of carbonyl (C=O) groups is 3. The van der Waals surface area contributed by atoms with Gasteiger partial charge in [0.2, 0.25) is 5.91 Å². The number of amides is 1. The van der Waals surface area contributed by atoms with Gasteiger partial charge in [0, 0.05) is 5.69 Å². The van der Waals surface area contributed by atoms with E-state index in [4.69, 9.17) is 9.47 Å². The number of esters is 1. The summed E-state index contributed by atoms with van der Waals surface area (Å²) in [7, 11) is 2.70. The van der Waals surface area contributed by atoms with Gasteiger partial charge in [-0.1, -0.05) is 24.3 Å². The molecular weight excluding hydrogens is 428 g/mol. The Morgan fingerprint density at radius 2 is 1.79 bits per heavy atom. The van der Waals surface area contributed by atoms with Crippen molar-refractivity contribution in [2.45, 2.75) is 38.3 Å². The summed E-state index contributed by atoms with van der Waals surface area (Å²) in [6.07, 6.45) is 0.742. The molecule has 9 heteroatoms. The molecule has 0 heterocycles. The number of nitrogens with zero attached hydrogens (tertiary/aromatic N) is 1. The lowest BCUT2D eigenvalue weighted by Gasteiger charge is -2.31. The third kappa shape index (κ3) is 7.21. The Hall–Kier alpha value is -3.59. The zero-order chi connectivity index (χ0) is 24.4. The quantitative estimate of drug-likeness (QED) is 0.327. The van der Waals surface area contributed by atoms with Crippen molar-refractivity contribution in [2.24, 2.45) is 0 Å². The molecule has 0 aliphatic heterocycles. The highest BCUT2D eigenvalue weighted by Crippen LogP contribution is 2.26. The van der Waals surface area contributed by atoms with E-state index in [1.165, 1.54) is 26.0 Å². The van der Waals surface area contributed by atoms with Gasteiger partial charge in [0.25, 0.3) is 0 Å². The van der Waals surface area contributed by atoms with E-state index in [9.17, 15) is 24.6 Å². The predicted molar refractivity (Wildman–Crippen MR) is 122 cm³/mol. The van der Waals surface area contributed by atoms with Gasteiger partial charge in [0.05, 0.1) is 26.7 Å². The Bertz CT molecular complexity index is 949. The monoisotopic (exact) mass is 458 g/mol. The molecule has 178 valence electrons. The molecule has 1 amide bonds. The second-order valence-corrected chi connectivity index (χ2v) is 7.46. The molecule has 33 heavy (non-hydrogen) atoms. The molecule has 9 nitrogen and oxygen atoms in total. The molecule has 0 aromatic heterocycles. The maximum Gasteiger partial charge on any atom is 0.328 e. The molecule has 0 aliphatic carbocycles. The summed E-state index contributed by atoms with van der Waals surface area (Å²) >= 11 is 0. The van der Waals surface area contributed by atoms with Gasteiger partial charge in [-0.05, 0) is 56.1 Å². The first kappa shape index (κ1) is 25.7. The topological polar surface area (TPSA) is 125 Å². The zero-order valence-electron chi connectivity index (χ0n) is 19.0. The second kappa shape index (κ2) is 12.4. The molecule has 2 atom stereocenters. The molecule has 0 radical (unpaired) electrons. The van der Waals surface area contributed by atoms with Crippen molar-refractivity contribution in [1.29, 1.82) is 0 Å². The minimum atomic E-state index is -1.14. The molecule has 0 saturated carbocycles. The van der Waals surface area contributed by atoms with Gasteiger partial charge in [-0.2, -0.15) is 0 Å². The highest BCUT2D eigenvalue weighted by atomic mass is 16.5. The Morgan fingerprint density at radius 3 is 2.36 bits per heavy atom. The summed E-state index contributed by atoms with van der Waals surface area (Å²) in [5.74, 6) is -1.87. The van der Waals surface area contributed by atoms with Crippen LogP contribution in [0.1, 0.15) is 25.3 Å². The lowest BCUT2D eigenvalue weighted by molar-refractivity contribution is -0.143. The number of aryl methyl sites for hydroxylation is 1. The Morgan fingerprint density at radius 1 is 1.09 bits per heavy atom. The van der Waals surface area contributed by atoms with Crippen LogP contribution in [0.15, 0.2) is 48.5 Å². The van der Waals surface area contributed by atoms with E-state index in [0.717, 1.165) is 5.56 Å². The number of nitrogens with one attached hydrogen (secondary N) is 1. The van der Waals surface area contributed by atoms with Crippen molar-refractivity contribution in [1.82, 2.24) is 5.32 Å². The van der Waals surface area contributed by atoms with Crippen molar-refractivity contribution in [3.05, 3.63) is 54.1 Å². The van der Waals surface area contributed by atoms with Crippen LogP contribution >= 0.6 is 0 Å². The SMILES string of the molecule is COC(=O)C(C)N(C(=O)C(CC(=O)O)NCCCc1ccc(OC)c(O)c1)c1ccccc1. The second-order valence-electron chi connectivity index (χ2n) is 7.46. The standard InChI is InChI=1S/C24H30N2O7/c1-16(24(31)33-3)26(18-9-5-4-6-10-18)23(30)19(15-22(28)29)25-13-7-8-17-11-12-21(32-2)20(27)14-17/h4-6,9-12,14,16,19,25,27H,7-8,13,15H2,1-3H3,(H,28,29). The summed E-state index contributed by atoms with van der Waals surface area (Å²) in [5.41, 5.74) is 1.34. The average molecular weight is 459 g/mol. The average Bonchev–Trinajstić information content (AvgIpc) is 2.81. The largest absolute Gasteiger partial charge is 0.504 e.